The number of benzene rings is 1. The van der Waals surface area contributed by atoms with Gasteiger partial charge in [-0.05, 0) is 44.6 Å². The molecule has 0 spiro atoms. The van der Waals surface area contributed by atoms with E-state index in [2.05, 4.69) is 66.1 Å². The number of ether oxygens (including phenoxy) is 1. The molecule has 0 aliphatic carbocycles. The number of allylic oxidation sites excluding steroid dienone is 7. The molecule has 1 aromatic heterocycles. The van der Waals surface area contributed by atoms with Gasteiger partial charge in [-0.15, -0.1) is 0 Å². The lowest BCUT2D eigenvalue weighted by Crippen LogP contribution is -2.33. The highest BCUT2D eigenvalue weighted by Gasteiger charge is 2.15. The summed E-state index contributed by atoms with van der Waals surface area (Å²) in [4.78, 5) is 0. The van der Waals surface area contributed by atoms with Crippen molar-refractivity contribution in [1.82, 2.24) is 0 Å². The zero-order valence-corrected chi connectivity index (χ0v) is 14.0. The lowest BCUT2D eigenvalue weighted by Gasteiger charge is -2.11. The van der Waals surface area contributed by atoms with Crippen molar-refractivity contribution in [3.63, 3.8) is 0 Å². The van der Waals surface area contributed by atoms with Gasteiger partial charge in [-0.3, -0.25) is 0 Å². The first kappa shape index (κ1) is 14.8. The number of aryl methyl sites for hydroxylation is 1. The highest BCUT2D eigenvalue weighted by atomic mass is 32.1. The Labute approximate surface area is 135 Å². The predicted octanol–water partition coefficient (Wildman–Crippen LogP) is 4.99. The summed E-state index contributed by atoms with van der Waals surface area (Å²) in [6.07, 6.45) is 10.5. The molecule has 0 amide bonds. The molecule has 2 heterocycles. The molecule has 112 valence electrons. The molecule has 3 rings (SSSR count). The van der Waals surface area contributed by atoms with E-state index >= 15 is 0 Å². The zero-order chi connectivity index (χ0) is 15.5. The van der Waals surface area contributed by atoms with Crippen molar-refractivity contribution >= 4 is 27.6 Å². The van der Waals surface area contributed by atoms with Crippen LogP contribution in [0.4, 0.5) is 0 Å². The number of aromatic nitrogens is 1. The van der Waals surface area contributed by atoms with Crippen LogP contribution in [0.5, 0.6) is 0 Å². The minimum absolute atomic E-state index is 0.935. The van der Waals surface area contributed by atoms with Crippen LogP contribution in [0.2, 0.25) is 0 Å². The maximum absolute atomic E-state index is 5.51. The standard InChI is InChI=1S/C19H20NOS/c1-4-20-17-9-5-6-10-18(17)22-19(20)11-7-8-16-12-14(2)21-15(3)13-16/h5-13H,4H2,1-3H3/q+1. The van der Waals surface area contributed by atoms with Gasteiger partial charge in [0.25, 0.3) is 5.01 Å². The normalized spacial score (nSPS) is 15.0. The van der Waals surface area contributed by atoms with Gasteiger partial charge in [-0.25, -0.2) is 0 Å². The van der Waals surface area contributed by atoms with Crippen molar-refractivity contribution in [2.45, 2.75) is 27.3 Å². The van der Waals surface area contributed by atoms with E-state index in [-0.39, 0.29) is 0 Å². The smallest absolute Gasteiger partial charge is 0.262 e. The van der Waals surface area contributed by atoms with Crippen LogP contribution in [0, 0.1) is 0 Å². The molecule has 0 unspecified atom stereocenters. The fraction of sp³-hybridized carbons (Fsp3) is 0.211. The fourth-order valence-electron chi connectivity index (χ4n) is 2.66. The van der Waals surface area contributed by atoms with Crippen molar-refractivity contribution in [2.24, 2.45) is 0 Å². The quantitative estimate of drug-likeness (QED) is 0.728. The molecule has 1 aromatic carbocycles. The van der Waals surface area contributed by atoms with Gasteiger partial charge in [-0.1, -0.05) is 35.6 Å². The van der Waals surface area contributed by atoms with Crippen molar-refractivity contribution < 1.29 is 9.30 Å². The highest BCUT2D eigenvalue weighted by Crippen LogP contribution is 2.22. The number of hydrogen-bond donors (Lipinski definition) is 0. The van der Waals surface area contributed by atoms with E-state index in [1.165, 1.54) is 20.8 Å². The van der Waals surface area contributed by atoms with Crippen LogP contribution >= 0.6 is 11.3 Å². The largest absolute Gasteiger partial charge is 0.467 e. The van der Waals surface area contributed by atoms with Crippen molar-refractivity contribution in [1.29, 1.82) is 0 Å². The number of hydrogen-bond acceptors (Lipinski definition) is 2. The van der Waals surface area contributed by atoms with Gasteiger partial charge >= 0.3 is 0 Å². The molecule has 0 atom stereocenters. The number of thiazole rings is 1. The molecule has 0 fully saturated rings. The Morgan fingerprint density at radius 2 is 1.86 bits per heavy atom. The summed E-state index contributed by atoms with van der Waals surface area (Å²) < 4.78 is 9.19. The van der Waals surface area contributed by atoms with Gasteiger partial charge in [0.05, 0.1) is 0 Å². The molecule has 1 aliphatic rings. The fourth-order valence-corrected chi connectivity index (χ4v) is 3.80. The maximum Gasteiger partial charge on any atom is 0.262 e. The third-order valence-electron chi connectivity index (χ3n) is 3.54. The van der Waals surface area contributed by atoms with Crippen LogP contribution in [0.25, 0.3) is 16.3 Å². The molecule has 0 saturated carbocycles. The monoisotopic (exact) mass is 310 g/mol. The van der Waals surface area contributed by atoms with Crippen LogP contribution in [-0.2, 0) is 11.3 Å². The second-order valence-electron chi connectivity index (χ2n) is 5.29. The number of para-hydroxylation sites is 1. The van der Waals surface area contributed by atoms with E-state index < -0.39 is 0 Å². The van der Waals surface area contributed by atoms with Crippen LogP contribution in [0.3, 0.4) is 0 Å². The van der Waals surface area contributed by atoms with Crippen LogP contribution in [0.1, 0.15) is 25.8 Å². The Balaban J connectivity index is 1.91. The average Bonchev–Trinajstić information content (AvgIpc) is 2.83. The van der Waals surface area contributed by atoms with Crippen molar-refractivity contribution in [3.05, 3.63) is 70.7 Å². The number of rotatable bonds is 3. The maximum atomic E-state index is 5.51. The minimum Gasteiger partial charge on any atom is -0.467 e. The summed E-state index contributed by atoms with van der Waals surface area (Å²) in [5.41, 5.74) is 2.47. The van der Waals surface area contributed by atoms with Gasteiger partial charge < -0.3 is 4.74 Å². The van der Waals surface area contributed by atoms with E-state index in [1.807, 2.05) is 25.2 Å². The van der Waals surface area contributed by atoms with Gasteiger partial charge in [0.2, 0.25) is 5.52 Å². The Morgan fingerprint density at radius 3 is 2.59 bits per heavy atom. The van der Waals surface area contributed by atoms with E-state index in [0.29, 0.717) is 0 Å². The van der Waals surface area contributed by atoms with Gasteiger partial charge in [-0.2, -0.15) is 4.57 Å². The Bertz CT molecular complexity index is 801. The summed E-state index contributed by atoms with van der Waals surface area (Å²) >= 11 is 1.83. The summed E-state index contributed by atoms with van der Waals surface area (Å²) in [5.74, 6) is 1.87. The number of nitrogens with zero attached hydrogens (tertiary/aromatic N) is 1. The minimum atomic E-state index is 0.935. The second-order valence-corrected chi connectivity index (χ2v) is 6.35. The Hall–Kier alpha value is -2.13. The molecular formula is C19H20NOS+. The molecule has 0 saturated heterocycles. The highest BCUT2D eigenvalue weighted by molar-refractivity contribution is 7.18. The molecule has 1 aliphatic heterocycles. The molecule has 22 heavy (non-hydrogen) atoms. The third-order valence-corrected chi connectivity index (χ3v) is 4.67. The Kier molecular flexibility index (Phi) is 4.25. The van der Waals surface area contributed by atoms with E-state index in [1.54, 1.807) is 0 Å². The lowest BCUT2D eigenvalue weighted by molar-refractivity contribution is -0.665. The van der Waals surface area contributed by atoms with Crippen molar-refractivity contribution in [3.8, 4) is 0 Å². The topological polar surface area (TPSA) is 13.1 Å². The molecule has 0 N–H and O–H groups in total. The van der Waals surface area contributed by atoms with Crippen molar-refractivity contribution in [2.75, 3.05) is 0 Å². The summed E-state index contributed by atoms with van der Waals surface area (Å²) in [5, 5.41) is 1.27. The Morgan fingerprint density at radius 1 is 1.14 bits per heavy atom. The molecule has 2 nitrogen and oxygen atoms in total. The van der Waals surface area contributed by atoms with Gasteiger partial charge in [0, 0.05) is 12.1 Å². The molecule has 2 aromatic rings. The molecule has 0 bridgehead atoms. The molecule has 0 radical (unpaired) electrons. The van der Waals surface area contributed by atoms with E-state index in [4.69, 9.17) is 4.74 Å². The lowest BCUT2D eigenvalue weighted by atomic mass is 10.1. The van der Waals surface area contributed by atoms with E-state index in [0.717, 1.165) is 18.1 Å². The van der Waals surface area contributed by atoms with Gasteiger partial charge in [0.15, 0.2) is 0 Å². The van der Waals surface area contributed by atoms with Crippen LogP contribution < -0.4 is 4.57 Å². The first-order valence-electron chi connectivity index (χ1n) is 7.51. The average molecular weight is 310 g/mol. The van der Waals surface area contributed by atoms with Crippen LogP contribution in [-0.4, -0.2) is 0 Å². The third kappa shape index (κ3) is 3.04. The second kappa shape index (κ2) is 6.32. The zero-order valence-electron chi connectivity index (χ0n) is 13.2. The molecular weight excluding hydrogens is 290 g/mol. The summed E-state index contributed by atoms with van der Waals surface area (Å²) in [7, 11) is 0. The summed E-state index contributed by atoms with van der Waals surface area (Å²) in [6, 6.07) is 8.55. The number of fused-ring (bicyclic) bond motifs is 1. The summed E-state index contributed by atoms with van der Waals surface area (Å²) in [6.45, 7) is 7.12. The SMILES string of the molecule is CC[n+]1c(C=CC=C2C=C(C)OC(C)=C2)sc2ccccc21. The predicted molar refractivity (Wildman–Crippen MR) is 93.4 cm³/mol. The molecule has 3 heteroatoms. The van der Waals surface area contributed by atoms with Gasteiger partial charge in [0.1, 0.15) is 22.8 Å². The van der Waals surface area contributed by atoms with Crippen LogP contribution in [0.15, 0.2) is 65.7 Å². The first-order valence-corrected chi connectivity index (χ1v) is 8.33. The first-order chi connectivity index (χ1) is 10.7. The van der Waals surface area contributed by atoms with E-state index in [9.17, 15) is 0 Å².